The summed E-state index contributed by atoms with van der Waals surface area (Å²) in [5.74, 6) is -0.284. The molecule has 0 bridgehead atoms. The van der Waals surface area contributed by atoms with Gasteiger partial charge in [0.1, 0.15) is 5.75 Å². The molecule has 26 heavy (non-hydrogen) atoms. The van der Waals surface area contributed by atoms with E-state index in [1.165, 1.54) is 17.6 Å². The number of hydrogen-bond acceptors (Lipinski definition) is 3. The van der Waals surface area contributed by atoms with E-state index in [0.717, 1.165) is 15.6 Å². The molecule has 0 aliphatic heterocycles. The fourth-order valence-corrected chi connectivity index (χ4v) is 2.94. The SMILES string of the molecule is CN(C=S)C(=S)NC(c1ccc(OC(F)(F)F)cc1)c1cccc(Br)c1. The van der Waals surface area contributed by atoms with E-state index in [9.17, 15) is 13.2 Å². The average molecular weight is 463 g/mol. The molecule has 0 radical (unpaired) electrons. The number of ether oxygens (including phenoxy) is 1. The first-order valence-electron chi connectivity index (χ1n) is 7.29. The van der Waals surface area contributed by atoms with E-state index in [0.29, 0.717) is 5.11 Å². The van der Waals surface area contributed by atoms with Gasteiger partial charge in [0, 0.05) is 11.5 Å². The minimum absolute atomic E-state index is 0.284. The molecule has 1 atom stereocenters. The van der Waals surface area contributed by atoms with E-state index >= 15 is 0 Å². The lowest BCUT2D eigenvalue weighted by atomic mass is 9.99. The van der Waals surface area contributed by atoms with Crippen molar-refractivity contribution in [1.82, 2.24) is 10.2 Å². The van der Waals surface area contributed by atoms with Crippen molar-refractivity contribution in [3.8, 4) is 5.75 Å². The molecule has 1 N–H and O–H groups in total. The standard InChI is InChI=1S/C17H14BrF3N2OS2/c1-23(10-25)16(26)22-15(12-3-2-4-13(18)9-12)11-5-7-14(8-6-11)24-17(19,20)21/h2-10,15H,1H3,(H,22,26). The summed E-state index contributed by atoms with van der Waals surface area (Å²) in [6.45, 7) is 0. The van der Waals surface area contributed by atoms with Crippen molar-refractivity contribution in [3.63, 3.8) is 0 Å². The molecule has 0 aliphatic carbocycles. The van der Waals surface area contributed by atoms with Crippen molar-refractivity contribution in [2.75, 3.05) is 7.05 Å². The lowest BCUT2D eigenvalue weighted by Gasteiger charge is -2.25. The predicted octanol–water partition coefficient (Wildman–Crippen LogP) is 5.20. The number of nitrogens with one attached hydrogen (secondary N) is 1. The Labute approximate surface area is 168 Å². The van der Waals surface area contributed by atoms with Gasteiger partial charge >= 0.3 is 6.36 Å². The fraction of sp³-hybridized carbons (Fsp3) is 0.176. The Balaban J connectivity index is 2.34. The molecule has 0 aromatic heterocycles. The van der Waals surface area contributed by atoms with Crippen LogP contribution in [-0.4, -0.2) is 28.9 Å². The molecule has 0 saturated heterocycles. The number of nitrogens with zero attached hydrogens (tertiary/aromatic N) is 1. The van der Waals surface area contributed by atoms with Crippen LogP contribution in [-0.2, 0) is 0 Å². The van der Waals surface area contributed by atoms with Crippen LogP contribution in [0.5, 0.6) is 5.75 Å². The van der Waals surface area contributed by atoms with Gasteiger partial charge in [-0.15, -0.1) is 13.2 Å². The Bertz CT molecular complexity index is 784. The maximum atomic E-state index is 12.3. The largest absolute Gasteiger partial charge is 0.573 e. The summed E-state index contributed by atoms with van der Waals surface area (Å²) >= 11 is 13.6. The Hall–Kier alpha value is -1.71. The second-order valence-corrected chi connectivity index (χ2v) is 6.78. The zero-order chi connectivity index (χ0) is 19.3. The zero-order valence-corrected chi connectivity index (χ0v) is 16.7. The van der Waals surface area contributed by atoms with Crippen LogP contribution in [0.15, 0.2) is 53.0 Å². The van der Waals surface area contributed by atoms with Gasteiger partial charge < -0.3 is 15.0 Å². The van der Waals surface area contributed by atoms with Gasteiger partial charge in [0.05, 0.1) is 11.5 Å². The number of alkyl halides is 3. The average Bonchev–Trinajstić information content (AvgIpc) is 2.58. The first kappa shape index (κ1) is 20.6. The van der Waals surface area contributed by atoms with Crippen LogP contribution in [0, 0.1) is 0 Å². The Morgan fingerprint density at radius 2 is 1.85 bits per heavy atom. The zero-order valence-electron chi connectivity index (χ0n) is 13.5. The second kappa shape index (κ2) is 8.79. The molecule has 0 saturated carbocycles. The van der Waals surface area contributed by atoms with Gasteiger partial charge in [-0.25, -0.2) is 0 Å². The third-order valence-corrected chi connectivity index (χ3v) is 4.59. The highest BCUT2D eigenvalue weighted by atomic mass is 79.9. The molecule has 138 valence electrons. The maximum absolute atomic E-state index is 12.3. The van der Waals surface area contributed by atoms with Crippen LogP contribution in [0.2, 0.25) is 0 Å². The molecule has 0 spiro atoms. The third kappa shape index (κ3) is 5.93. The van der Waals surface area contributed by atoms with E-state index in [2.05, 4.69) is 26.0 Å². The van der Waals surface area contributed by atoms with Gasteiger partial charge in [-0.05, 0) is 47.6 Å². The van der Waals surface area contributed by atoms with E-state index in [1.54, 1.807) is 24.1 Å². The number of halogens is 4. The minimum atomic E-state index is -4.73. The monoisotopic (exact) mass is 462 g/mol. The Morgan fingerprint density at radius 1 is 1.19 bits per heavy atom. The van der Waals surface area contributed by atoms with E-state index in [-0.39, 0.29) is 11.8 Å². The summed E-state index contributed by atoms with van der Waals surface area (Å²) in [6.07, 6.45) is -4.73. The molecule has 0 heterocycles. The summed E-state index contributed by atoms with van der Waals surface area (Å²) in [7, 11) is 1.71. The van der Waals surface area contributed by atoms with E-state index in [1.807, 2.05) is 24.3 Å². The van der Waals surface area contributed by atoms with Crippen molar-refractivity contribution < 1.29 is 17.9 Å². The van der Waals surface area contributed by atoms with Gasteiger partial charge in [-0.1, -0.05) is 52.4 Å². The molecule has 2 rings (SSSR count). The molecule has 9 heteroatoms. The molecule has 0 aliphatic rings. The minimum Gasteiger partial charge on any atom is -0.406 e. The molecular formula is C17H14BrF3N2OS2. The van der Waals surface area contributed by atoms with E-state index in [4.69, 9.17) is 24.4 Å². The van der Waals surface area contributed by atoms with Crippen LogP contribution in [0.4, 0.5) is 13.2 Å². The molecule has 3 nitrogen and oxygen atoms in total. The number of rotatable bonds is 5. The lowest BCUT2D eigenvalue weighted by molar-refractivity contribution is -0.274. The quantitative estimate of drug-likeness (QED) is 0.615. The Kier molecular flexibility index (Phi) is 6.96. The predicted molar refractivity (Wildman–Crippen MR) is 106 cm³/mol. The molecule has 1 unspecified atom stereocenters. The van der Waals surface area contributed by atoms with Gasteiger partial charge in [-0.3, -0.25) is 0 Å². The highest BCUT2D eigenvalue weighted by Gasteiger charge is 2.31. The van der Waals surface area contributed by atoms with Crippen molar-refractivity contribution >= 4 is 51.0 Å². The Morgan fingerprint density at radius 3 is 2.38 bits per heavy atom. The molecule has 2 aromatic carbocycles. The first-order valence-corrected chi connectivity index (χ1v) is 8.96. The van der Waals surface area contributed by atoms with E-state index < -0.39 is 6.36 Å². The summed E-state index contributed by atoms with van der Waals surface area (Å²) < 4.78 is 41.8. The summed E-state index contributed by atoms with van der Waals surface area (Å²) in [5.41, 5.74) is 3.00. The normalized spacial score (nSPS) is 12.2. The number of hydrogen-bond donors (Lipinski definition) is 1. The maximum Gasteiger partial charge on any atom is 0.573 e. The smallest absolute Gasteiger partial charge is 0.406 e. The molecular weight excluding hydrogens is 449 g/mol. The molecule has 0 fully saturated rings. The van der Waals surface area contributed by atoms with Gasteiger partial charge in [0.2, 0.25) is 0 Å². The summed E-state index contributed by atoms with van der Waals surface area (Å²) in [4.78, 5) is 1.57. The number of benzene rings is 2. The molecule has 2 aromatic rings. The van der Waals surface area contributed by atoms with Gasteiger partial charge in [0.15, 0.2) is 5.11 Å². The highest BCUT2D eigenvalue weighted by Crippen LogP contribution is 2.28. The van der Waals surface area contributed by atoms with Crippen LogP contribution >= 0.6 is 40.4 Å². The van der Waals surface area contributed by atoms with Gasteiger partial charge in [-0.2, -0.15) is 0 Å². The van der Waals surface area contributed by atoms with Crippen molar-refractivity contribution in [3.05, 3.63) is 64.1 Å². The second-order valence-electron chi connectivity index (χ2n) is 5.27. The lowest BCUT2D eigenvalue weighted by Crippen LogP contribution is -2.38. The van der Waals surface area contributed by atoms with Crippen molar-refractivity contribution in [1.29, 1.82) is 0 Å². The highest BCUT2D eigenvalue weighted by molar-refractivity contribution is 9.10. The van der Waals surface area contributed by atoms with Crippen LogP contribution < -0.4 is 10.1 Å². The van der Waals surface area contributed by atoms with Crippen LogP contribution in [0.1, 0.15) is 17.2 Å². The van der Waals surface area contributed by atoms with Crippen molar-refractivity contribution in [2.24, 2.45) is 0 Å². The summed E-state index contributed by atoms with van der Waals surface area (Å²) in [6, 6.07) is 12.8. The topological polar surface area (TPSA) is 24.5 Å². The van der Waals surface area contributed by atoms with Crippen molar-refractivity contribution in [2.45, 2.75) is 12.4 Å². The fourth-order valence-electron chi connectivity index (χ4n) is 2.18. The third-order valence-electron chi connectivity index (χ3n) is 3.38. The van der Waals surface area contributed by atoms with Crippen LogP contribution in [0.3, 0.4) is 0 Å². The van der Waals surface area contributed by atoms with Gasteiger partial charge in [0.25, 0.3) is 0 Å². The molecule has 0 amide bonds. The summed E-state index contributed by atoms with van der Waals surface area (Å²) in [5, 5.41) is 3.56. The first-order chi connectivity index (χ1) is 12.2. The van der Waals surface area contributed by atoms with Crippen LogP contribution in [0.25, 0.3) is 0 Å². The number of thiocarbonyl (C=S) groups is 2.